The summed E-state index contributed by atoms with van der Waals surface area (Å²) in [6.45, 7) is 6.17. The summed E-state index contributed by atoms with van der Waals surface area (Å²) < 4.78 is 0. The van der Waals surface area contributed by atoms with E-state index in [4.69, 9.17) is 0 Å². The molecule has 3 rings (SSSR count). The first-order valence-electron chi connectivity index (χ1n) is 8.70. The van der Waals surface area contributed by atoms with Crippen LogP contribution in [-0.4, -0.2) is 37.0 Å². The molecule has 0 saturated carbocycles. The minimum atomic E-state index is 0.213. The van der Waals surface area contributed by atoms with E-state index in [1.807, 2.05) is 0 Å². The molecule has 2 saturated heterocycles. The van der Waals surface area contributed by atoms with Gasteiger partial charge < -0.3 is 10.2 Å². The second-order valence-electron chi connectivity index (χ2n) is 7.35. The highest BCUT2D eigenvalue weighted by Crippen LogP contribution is 2.35. The van der Waals surface area contributed by atoms with Crippen LogP contribution >= 0.6 is 0 Å². The highest BCUT2D eigenvalue weighted by Gasteiger charge is 2.37. The minimum absolute atomic E-state index is 0.213. The van der Waals surface area contributed by atoms with Crippen molar-refractivity contribution in [1.29, 1.82) is 0 Å². The van der Waals surface area contributed by atoms with Gasteiger partial charge in [-0.25, -0.2) is 0 Å². The van der Waals surface area contributed by atoms with Crippen LogP contribution in [-0.2, 0) is 11.2 Å². The summed E-state index contributed by atoms with van der Waals surface area (Å²) in [6, 6.07) is 10.7. The molecular weight excluding hydrogens is 272 g/mol. The topological polar surface area (TPSA) is 32.3 Å². The second kappa shape index (κ2) is 6.82. The third-order valence-corrected chi connectivity index (χ3v) is 5.38. The van der Waals surface area contributed by atoms with E-state index in [0.717, 1.165) is 51.9 Å². The standard InChI is InChI=1S/C19H28N2O/c1-19(10-9-16-6-3-2-4-7-16)11-13-21(15-19)18(22)17-8-5-12-20-14-17/h2-4,6-7,17,20H,5,8-15H2,1H3. The van der Waals surface area contributed by atoms with Crippen molar-refractivity contribution in [2.24, 2.45) is 11.3 Å². The van der Waals surface area contributed by atoms with Crippen molar-refractivity contribution in [2.45, 2.75) is 39.0 Å². The Bertz CT molecular complexity index is 495. The zero-order chi connectivity index (χ0) is 15.4. The fraction of sp³-hybridized carbons (Fsp3) is 0.632. The Morgan fingerprint density at radius 1 is 1.36 bits per heavy atom. The number of carbonyl (C=O) groups is 1. The van der Waals surface area contributed by atoms with E-state index in [0.29, 0.717) is 5.91 Å². The van der Waals surface area contributed by atoms with Gasteiger partial charge in [0.05, 0.1) is 5.92 Å². The smallest absolute Gasteiger partial charge is 0.226 e. The first kappa shape index (κ1) is 15.5. The van der Waals surface area contributed by atoms with Crippen LogP contribution in [0.25, 0.3) is 0 Å². The van der Waals surface area contributed by atoms with Crippen molar-refractivity contribution in [3.8, 4) is 0 Å². The third-order valence-electron chi connectivity index (χ3n) is 5.38. The number of nitrogens with one attached hydrogen (secondary N) is 1. The lowest BCUT2D eigenvalue weighted by atomic mass is 9.83. The predicted octanol–water partition coefficient (Wildman–Crippen LogP) is 2.86. The molecule has 0 aliphatic carbocycles. The number of benzene rings is 1. The van der Waals surface area contributed by atoms with Crippen molar-refractivity contribution < 1.29 is 4.79 Å². The second-order valence-corrected chi connectivity index (χ2v) is 7.35. The van der Waals surface area contributed by atoms with Crippen molar-refractivity contribution in [1.82, 2.24) is 10.2 Å². The van der Waals surface area contributed by atoms with Gasteiger partial charge in [-0.1, -0.05) is 37.3 Å². The van der Waals surface area contributed by atoms with Crippen LogP contribution in [0, 0.1) is 11.3 Å². The lowest BCUT2D eigenvalue weighted by molar-refractivity contribution is -0.135. The highest BCUT2D eigenvalue weighted by atomic mass is 16.2. The number of nitrogens with zero attached hydrogens (tertiary/aromatic N) is 1. The monoisotopic (exact) mass is 300 g/mol. The largest absolute Gasteiger partial charge is 0.342 e. The van der Waals surface area contributed by atoms with Crippen molar-refractivity contribution in [3.63, 3.8) is 0 Å². The molecule has 2 fully saturated rings. The van der Waals surface area contributed by atoms with Gasteiger partial charge in [0.2, 0.25) is 5.91 Å². The average Bonchev–Trinajstić information content (AvgIpc) is 2.97. The van der Waals surface area contributed by atoms with E-state index in [-0.39, 0.29) is 11.3 Å². The maximum Gasteiger partial charge on any atom is 0.226 e. The molecule has 0 radical (unpaired) electrons. The van der Waals surface area contributed by atoms with E-state index in [2.05, 4.69) is 47.5 Å². The quantitative estimate of drug-likeness (QED) is 0.927. The molecule has 0 spiro atoms. The van der Waals surface area contributed by atoms with Gasteiger partial charge in [0.1, 0.15) is 0 Å². The number of carbonyl (C=O) groups excluding carboxylic acids is 1. The molecule has 1 amide bonds. The molecule has 2 atom stereocenters. The van der Waals surface area contributed by atoms with Crippen LogP contribution in [0.4, 0.5) is 0 Å². The molecule has 1 N–H and O–H groups in total. The van der Waals surface area contributed by atoms with Crippen LogP contribution in [0.15, 0.2) is 30.3 Å². The zero-order valence-electron chi connectivity index (χ0n) is 13.7. The van der Waals surface area contributed by atoms with Gasteiger partial charge >= 0.3 is 0 Å². The van der Waals surface area contributed by atoms with Crippen LogP contribution < -0.4 is 5.32 Å². The zero-order valence-corrected chi connectivity index (χ0v) is 13.7. The number of amides is 1. The number of aryl methyl sites for hydroxylation is 1. The lowest BCUT2D eigenvalue weighted by Crippen LogP contribution is -2.42. The molecular formula is C19H28N2O. The van der Waals surface area contributed by atoms with Crippen LogP contribution in [0.1, 0.15) is 38.2 Å². The van der Waals surface area contributed by atoms with E-state index in [1.165, 1.54) is 12.0 Å². The minimum Gasteiger partial charge on any atom is -0.342 e. The summed E-state index contributed by atoms with van der Waals surface area (Å²) in [7, 11) is 0. The Morgan fingerprint density at radius 2 is 2.18 bits per heavy atom. The Kier molecular flexibility index (Phi) is 4.82. The Labute approximate surface area is 134 Å². The van der Waals surface area contributed by atoms with Crippen molar-refractivity contribution in [3.05, 3.63) is 35.9 Å². The first-order valence-corrected chi connectivity index (χ1v) is 8.70. The fourth-order valence-corrected chi connectivity index (χ4v) is 3.83. The number of rotatable bonds is 4. The number of hydrogen-bond donors (Lipinski definition) is 1. The number of piperidine rings is 1. The van der Waals surface area contributed by atoms with E-state index < -0.39 is 0 Å². The van der Waals surface area contributed by atoms with Gasteiger partial charge in [0.15, 0.2) is 0 Å². The summed E-state index contributed by atoms with van der Waals surface area (Å²) >= 11 is 0. The molecule has 2 aliphatic rings. The van der Waals surface area contributed by atoms with Gasteiger partial charge in [0.25, 0.3) is 0 Å². The molecule has 22 heavy (non-hydrogen) atoms. The highest BCUT2D eigenvalue weighted by molar-refractivity contribution is 5.79. The maximum absolute atomic E-state index is 12.6. The van der Waals surface area contributed by atoms with Gasteiger partial charge in [0, 0.05) is 19.6 Å². The van der Waals surface area contributed by atoms with Gasteiger partial charge in [-0.05, 0) is 49.6 Å². The molecule has 0 aromatic heterocycles. The predicted molar refractivity (Wildman–Crippen MR) is 89.7 cm³/mol. The van der Waals surface area contributed by atoms with Crippen molar-refractivity contribution >= 4 is 5.91 Å². The summed E-state index contributed by atoms with van der Waals surface area (Å²) in [5.41, 5.74) is 1.69. The van der Waals surface area contributed by atoms with Gasteiger partial charge in [-0.2, -0.15) is 0 Å². The summed E-state index contributed by atoms with van der Waals surface area (Å²) in [5, 5.41) is 3.36. The summed E-state index contributed by atoms with van der Waals surface area (Å²) in [5.74, 6) is 0.598. The maximum atomic E-state index is 12.6. The molecule has 3 heteroatoms. The van der Waals surface area contributed by atoms with E-state index >= 15 is 0 Å². The number of hydrogen-bond acceptors (Lipinski definition) is 2. The van der Waals surface area contributed by atoms with Crippen LogP contribution in [0.5, 0.6) is 0 Å². The molecule has 1 aromatic carbocycles. The summed E-state index contributed by atoms with van der Waals surface area (Å²) in [4.78, 5) is 14.8. The molecule has 120 valence electrons. The molecule has 0 bridgehead atoms. The molecule has 2 heterocycles. The van der Waals surface area contributed by atoms with Gasteiger partial charge in [-0.15, -0.1) is 0 Å². The van der Waals surface area contributed by atoms with Crippen molar-refractivity contribution in [2.75, 3.05) is 26.2 Å². The fourth-order valence-electron chi connectivity index (χ4n) is 3.83. The third kappa shape index (κ3) is 3.70. The van der Waals surface area contributed by atoms with E-state index in [1.54, 1.807) is 0 Å². The first-order chi connectivity index (χ1) is 10.7. The average molecular weight is 300 g/mol. The molecule has 3 nitrogen and oxygen atoms in total. The summed E-state index contributed by atoms with van der Waals surface area (Å²) in [6.07, 6.45) is 5.62. The normalized spacial score (nSPS) is 28.8. The SMILES string of the molecule is CC1(CCc2ccccc2)CCN(C(=O)C2CCCNC2)C1. The van der Waals surface area contributed by atoms with Gasteiger partial charge in [-0.3, -0.25) is 4.79 Å². The lowest BCUT2D eigenvalue weighted by Gasteiger charge is -2.29. The van der Waals surface area contributed by atoms with Crippen LogP contribution in [0.2, 0.25) is 0 Å². The Morgan fingerprint density at radius 3 is 2.91 bits per heavy atom. The van der Waals surface area contributed by atoms with E-state index in [9.17, 15) is 4.79 Å². The molecule has 2 aliphatic heterocycles. The Hall–Kier alpha value is -1.35. The molecule has 2 unspecified atom stereocenters. The number of likely N-dealkylation sites (tertiary alicyclic amines) is 1. The van der Waals surface area contributed by atoms with Crippen LogP contribution in [0.3, 0.4) is 0 Å². The Balaban J connectivity index is 1.53. The molecule has 1 aromatic rings.